The smallest absolute Gasteiger partial charge is 0.231 e. The molecule has 0 saturated heterocycles. The van der Waals surface area contributed by atoms with Crippen LogP contribution in [0.2, 0.25) is 5.28 Å². The minimum absolute atomic E-state index is 0.109. The Morgan fingerprint density at radius 2 is 1.94 bits per heavy atom. The van der Waals surface area contributed by atoms with Crippen LogP contribution in [0.3, 0.4) is 0 Å². The van der Waals surface area contributed by atoms with Crippen molar-refractivity contribution >= 4 is 23.5 Å². The fourth-order valence-corrected chi connectivity index (χ4v) is 1.72. The van der Waals surface area contributed by atoms with Crippen LogP contribution in [-0.4, -0.2) is 47.8 Å². The normalized spacial score (nSPS) is 12.3. The van der Waals surface area contributed by atoms with E-state index in [0.29, 0.717) is 18.5 Å². The first-order chi connectivity index (χ1) is 8.60. The molecule has 7 heteroatoms. The largest absolute Gasteiger partial charge is 0.383 e. The number of hydrogen-bond donors (Lipinski definition) is 1. The molecule has 0 aromatic carbocycles. The number of halogens is 1. The van der Waals surface area contributed by atoms with Gasteiger partial charge in [-0.1, -0.05) is 0 Å². The third-order valence-corrected chi connectivity index (χ3v) is 2.60. The Morgan fingerprint density at radius 3 is 2.50 bits per heavy atom. The minimum Gasteiger partial charge on any atom is -0.383 e. The van der Waals surface area contributed by atoms with Crippen molar-refractivity contribution in [2.45, 2.75) is 26.8 Å². The van der Waals surface area contributed by atoms with E-state index >= 15 is 0 Å². The standard InChI is InChI=1S/C11H20ClN5O/c1-5-17(6-2)11-15-9(12)14-10(16-11)13-8(3)7-18-4/h8H,5-7H2,1-4H3,(H,13,14,15,16). The second kappa shape index (κ2) is 7.33. The molecular weight excluding hydrogens is 254 g/mol. The Hall–Kier alpha value is -1.14. The van der Waals surface area contributed by atoms with Gasteiger partial charge in [-0.15, -0.1) is 0 Å². The first-order valence-corrected chi connectivity index (χ1v) is 6.40. The topological polar surface area (TPSA) is 63.2 Å². The van der Waals surface area contributed by atoms with Crippen LogP contribution in [-0.2, 0) is 4.74 Å². The quantitative estimate of drug-likeness (QED) is 0.818. The average Bonchev–Trinajstić information content (AvgIpc) is 2.30. The molecule has 6 nitrogen and oxygen atoms in total. The van der Waals surface area contributed by atoms with Gasteiger partial charge in [0.05, 0.1) is 6.61 Å². The van der Waals surface area contributed by atoms with Gasteiger partial charge in [0.15, 0.2) is 0 Å². The molecule has 0 radical (unpaired) electrons. The van der Waals surface area contributed by atoms with Crippen molar-refractivity contribution in [1.29, 1.82) is 0 Å². The molecule has 18 heavy (non-hydrogen) atoms. The van der Waals surface area contributed by atoms with Crippen LogP contribution in [0.5, 0.6) is 0 Å². The van der Waals surface area contributed by atoms with E-state index in [1.54, 1.807) is 7.11 Å². The molecule has 1 heterocycles. The molecule has 0 amide bonds. The molecule has 0 bridgehead atoms. The van der Waals surface area contributed by atoms with E-state index < -0.39 is 0 Å². The highest BCUT2D eigenvalue weighted by molar-refractivity contribution is 6.28. The van der Waals surface area contributed by atoms with Gasteiger partial charge in [-0.05, 0) is 32.4 Å². The van der Waals surface area contributed by atoms with E-state index in [1.807, 2.05) is 25.7 Å². The summed E-state index contributed by atoms with van der Waals surface area (Å²) >= 11 is 5.91. The third kappa shape index (κ3) is 4.27. The van der Waals surface area contributed by atoms with Crippen LogP contribution >= 0.6 is 11.6 Å². The molecule has 1 atom stereocenters. The first-order valence-electron chi connectivity index (χ1n) is 6.02. The van der Waals surface area contributed by atoms with E-state index in [0.717, 1.165) is 13.1 Å². The molecule has 0 spiro atoms. The molecule has 0 aliphatic carbocycles. The zero-order valence-corrected chi connectivity index (χ0v) is 12.0. The summed E-state index contributed by atoms with van der Waals surface area (Å²) < 4.78 is 5.05. The molecule has 0 saturated carbocycles. The predicted octanol–water partition coefficient (Wildman–Crippen LogP) is 1.82. The number of nitrogens with one attached hydrogen (secondary N) is 1. The van der Waals surface area contributed by atoms with Gasteiger partial charge in [0, 0.05) is 26.2 Å². The van der Waals surface area contributed by atoms with E-state index in [2.05, 4.69) is 20.3 Å². The summed E-state index contributed by atoms with van der Waals surface area (Å²) in [7, 11) is 1.65. The highest BCUT2D eigenvalue weighted by Crippen LogP contribution is 2.14. The van der Waals surface area contributed by atoms with Gasteiger partial charge in [0.25, 0.3) is 0 Å². The number of aromatic nitrogens is 3. The van der Waals surface area contributed by atoms with Gasteiger partial charge in [-0.25, -0.2) is 0 Å². The van der Waals surface area contributed by atoms with Crippen LogP contribution < -0.4 is 10.2 Å². The summed E-state index contributed by atoms with van der Waals surface area (Å²) in [4.78, 5) is 14.5. The Morgan fingerprint density at radius 1 is 1.28 bits per heavy atom. The van der Waals surface area contributed by atoms with Gasteiger partial charge in [-0.3, -0.25) is 0 Å². The lowest BCUT2D eigenvalue weighted by Crippen LogP contribution is -2.26. The van der Waals surface area contributed by atoms with Crippen molar-refractivity contribution in [2.75, 3.05) is 37.0 Å². The third-order valence-electron chi connectivity index (χ3n) is 2.43. The summed E-state index contributed by atoms with van der Waals surface area (Å²) in [5.74, 6) is 1.06. The number of nitrogens with zero attached hydrogens (tertiary/aromatic N) is 4. The Balaban J connectivity index is 2.86. The van der Waals surface area contributed by atoms with Gasteiger partial charge in [-0.2, -0.15) is 15.0 Å². The van der Waals surface area contributed by atoms with E-state index in [4.69, 9.17) is 16.3 Å². The highest BCUT2D eigenvalue weighted by atomic mass is 35.5. The van der Waals surface area contributed by atoms with E-state index in [-0.39, 0.29) is 11.3 Å². The molecule has 0 aliphatic heterocycles. The average molecular weight is 274 g/mol. The lowest BCUT2D eigenvalue weighted by molar-refractivity contribution is 0.190. The van der Waals surface area contributed by atoms with Crippen molar-refractivity contribution in [3.05, 3.63) is 5.28 Å². The molecular formula is C11H20ClN5O. The molecule has 0 aliphatic rings. The monoisotopic (exact) mass is 273 g/mol. The number of anilines is 2. The van der Waals surface area contributed by atoms with Crippen LogP contribution in [0.25, 0.3) is 0 Å². The fraction of sp³-hybridized carbons (Fsp3) is 0.727. The van der Waals surface area contributed by atoms with Gasteiger partial charge in [0.2, 0.25) is 17.2 Å². The number of rotatable bonds is 7. The van der Waals surface area contributed by atoms with Gasteiger partial charge >= 0.3 is 0 Å². The number of hydrogen-bond acceptors (Lipinski definition) is 6. The SMILES string of the molecule is CCN(CC)c1nc(Cl)nc(NC(C)COC)n1. The minimum atomic E-state index is 0.109. The summed E-state index contributed by atoms with van der Waals surface area (Å²) in [6, 6.07) is 0.109. The summed E-state index contributed by atoms with van der Waals surface area (Å²) in [5.41, 5.74) is 0. The van der Waals surface area contributed by atoms with Crippen molar-refractivity contribution < 1.29 is 4.74 Å². The molecule has 102 valence electrons. The Labute approximate surface area is 113 Å². The second-order valence-electron chi connectivity index (χ2n) is 3.90. The highest BCUT2D eigenvalue weighted by Gasteiger charge is 2.11. The molecule has 0 fully saturated rings. The van der Waals surface area contributed by atoms with Crippen molar-refractivity contribution in [3.8, 4) is 0 Å². The first kappa shape index (κ1) is 14.9. The lowest BCUT2D eigenvalue weighted by atomic mass is 10.4. The van der Waals surface area contributed by atoms with Crippen LogP contribution in [0.4, 0.5) is 11.9 Å². The maximum Gasteiger partial charge on any atom is 0.231 e. The summed E-state index contributed by atoms with van der Waals surface area (Å²) in [6.07, 6.45) is 0. The Bertz CT molecular complexity index is 372. The summed E-state index contributed by atoms with van der Waals surface area (Å²) in [5, 5.41) is 3.32. The van der Waals surface area contributed by atoms with Crippen molar-refractivity contribution in [1.82, 2.24) is 15.0 Å². The van der Waals surface area contributed by atoms with E-state index in [1.165, 1.54) is 0 Å². The molecule has 1 aromatic rings. The zero-order chi connectivity index (χ0) is 13.5. The molecule has 1 unspecified atom stereocenters. The van der Waals surface area contributed by atoms with Crippen molar-refractivity contribution in [2.24, 2.45) is 0 Å². The predicted molar refractivity (Wildman–Crippen MR) is 73.4 cm³/mol. The number of methoxy groups -OCH3 is 1. The number of ether oxygens (including phenoxy) is 1. The lowest BCUT2D eigenvalue weighted by Gasteiger charge is -2.19. The van der Waals surface area contributed by atoms with Crippen LogP contribution in [0, 0.1) is 0 Å². The Kier molecular flexibility index (Phi) is 6.07. The van der Waals surface area contributed by atoms with Crippen LogP contribution in [0.15, 0.2) is 0 Å². The van der Waals surface area contributed by atoms with Crippen LogP contribution in [0.1, 0.15) is 20.8 Å². The maximum atomic E-state index is 5.91. The molecule has 1 rings (SSSR count). The van der Waals surface area contributed by atoms with Gasteiger partial charge in [0.1, 0.15) is 0 Å². The van der Waals surface area contributed by atoms with Gasteiger partial charge < -0.3 is 15.0 Å². The maximum absolute atomic E-state index is 5.91. The summed E-state index contributed by atoms with van der Waals surface area (Å²) in [6.45, 7) is 8.29. The fourth-order valence-electron chi connectivity index (χ4n) is 1.56. The second-order valence-corrected chi connectivity index (χ2v) is 4.24. The van der Waals surface area contributed by atoms with E-state index in [9.17, 15) is 0 Å². The molecule has 1 aromatic heterocycles. The zero-order valence-electron chi connectivity index (χ0n) is 11.3. The van der Waals surface area contributed by atoms with Crippen molar-refractivity contribution in [3.63, 3.8) is 0 Å². The molecule has 1 N–H and O–H groups in total.